The van der Waals surface area contributed by atoms with Gasteiger partial charge in [-0.25, -0.2) is 4.98 Å². The van der Waals surface area contributed by atoms with Crippen LogP contribution in [0.15, 0.2) is 43.0 Å². The zero-order valence-electron chi connectivity index (χ0n) is 23.4. The molecule has 220 valence electrons. The first-order valence-corrected chi connectivity index (χ1v) is 14.1. The first-order chi connectivity index (χ1) is 20.1. The summed E-state index contributed by atoms with van der Waals surface area (Å²) in [5.41, 5.74) is -0.260. The van der Waals surface area contributed by atoms with Crippen molar-refractivity contribution in [2.45, 2.75) is 30.6 Å². The van der Waals surface area contributed by atoms with Gasteiger partial charge in [0.1, 0.15) is 17.5 Å². The van der Waals surface area contributed by atoms with Crippen molar-refractivity contribution < 1.29 is 22.8 Å². The average molecular weight is 580 g/mol. The lowest BCUT2D eigenvalue weighted by molar-refractivity contribution is -0.141. The van der Waals surface area contributed by atoms with E-state index in [9.17, 15) is 28.0 Å². The predicted molar refractivity (Wildman–Crippen MR) is 150 cm³/mol. The normalized spacial score (nSPS) is 20.9. The Labute approximate surface area is 242 Å². The number of piperazine rings is 1. The molecule has 0 unspecified atom stereocenters. The van der Waals surface area contributed by atoms with E-state index in [1.54, 1.807) is 29.0 Å². The van der Waals surface area contributed by atoms with Gasteiger partial charge >= 0.3 is 6.18 Å². The van der Waals surface area contributed by atoms with Crippen molar-refractivity contribution in [1.29, 1.82) is 5.26 Å². The van der Waals surface area contributed by atoms with Crippen LogP contribution in [-0.2, 0) is 16.5 Å². The number of carbonyl (C=O) groups excluding carboxylic acids is 2. The highest BCUT2D eigenvalue weighted by molar-refractivity contribution is 6.00. The Bertz CT molecular complexity index is 1460. The first-order valence-electron chi connectivity index (χ1n) is 14.1. The number of aromatic nitrogens is 1. The summed E-state index contributed by atoms with van der Waals surface area (Å²) < 4.78 is 42.6. The molecule has 2 amide bonds. The largest absolute Gasteiger partial charge is 0.434 e. The number of hydrogen-bond donors (Lipinski definition) is 0. The van der Waals surface area contributed by atoms with Gasteiger partial charge in [-0.2, -0.15) is 18.4 Å². The van der Waals surface area contributed by atoms with Gasteiger partial charge in [0, 0.05) is 77.1 Å². The molecule has 0 saturated carbocycles. The molecule has 4 aliphatic heterocycles. The third kappa shape index (κ3) is 4.47. The predicted octanol–water partition coefficient (Wildman–Crippen LogP) is 3.07. The number of hydrogen-bond acceptors (Lipinski definition) is 7. The molecule has 0 atom stereocenters. The van der Waals surface area contributed by atoms with Crippen LogP contribution in [0.5, 0.6) is 0 Å². The Morgan fingerprint density at radius 2 is 1.76 bits per heavy atom. The summed E-state index contributed by atoms with van der Waals surface area (Å²) in [5.74, 6) is 0.0382. The summed E-state index contributed by atoms with van der Waals surface area (Å²) in [6.45, 7) is 7.83. The van der Waals surface area contributed by atoms with E-state index in [4.69, 9.17) is 0 Å². The van der Waals surface area contributed by atoms with Crippen LogP contribution in [0.3, 0.4) is 0 Å². The average Bonchev–Trinajstić information content (AvgIpc) is 3.17. The molecule has 1 aromatic carbocycles. The van der Waals surface area contributed by atoms with Crippen LogP contribution in [-0.4, -0.2) is 96.9 Å². The van der Waals surface area contributed by atoms with Gasteiger partial charge in [0.15, 0.2) is 5.69 Å². The van der Waals surface area contributed by atoms with Gasteiger partial charge < -0.3 is 19.6 Å². The molecule has 0 aliphatic carbocycles. The number of carbonyl (C=O) groups is 2. The molecular weight excluding hydrogens is 547 g/mol. The van der Waals surface area contributed by atoms with Crippen LogP contribution in [0.25, 0.3) is 0 Å². The van der Waals surface area contributed by atoms with E-state index in [0.717, 1.165) is 5.56 Å². The molecule has 2 aromatic rings. The molecule has 0 radical (unpaired) electrons. The molecule has 1 spiro atoms. The zero-order chi connectivity index (χ0) is 29.8. The Hall–Kier alpha value is -4.11. The van der Waals surface area contributed by atoms with E-state index < -0.39 is 23.0 Å². The van der Waals surface area contributed by atoms with Crippen LogP contribution in [0, 0.1) is 11.3 Å². The Kier molecular flexibility index (Phi) is 6.88. The molecule has 1 aromatic heterocycles. The standard InChI is InChI=1S/C30H32F3N7O2/c1-3-26(41)39-14-12-37(13-15-39)20-18-40(19-20)24-16-25(35-27(22(24)17-34)30(31,32)33)38-10-8-29(9-11-38)23-7-5-4-6-21(23)28(42)36(29)2/h3-7,16,20H,1,8-15,18-19H2,2H3. The van der Waals surface area contributed by atoms with E-state index in [2.05, 4.69) is 16.5 Å². The lowest BCUT2D eigenvalue weighted by Crippen LogP contribution is -2.63. The van der Waals surface area contributed by atoms with Gasteiger partial charge in [-0.15, -0.1) is 0 Å². The number of nitriles is 1. The number of rotatable bonds is 4. The van der Waals surface area contributed by atoms with Gasteiger partial charge in [-0.1, -0.05) is 24.8 Å². The summed E-state index contributed by atoms with van der Waals surface area (Å²) in [4.78, 5) is 38.2. The molecule has 3 saturated heterocycles. The van der Waals surface area contributed by atoms with Crippen molar-refractivity contribution in [3.63, 3.8) is 0 Å². The van der Waals surface area contributed by atoms with Crippen LogP contribution < -0.4 is 9.80 Å². The summed E-state index contributed by atoms with van der Waals surface area (Å²) in [6, 6.07) is 11.0. The minimum atomic E-state index is -4.79. The molecule has 5 heterocycles. The van der Waals surface area contributed by atoms with E-state index in [1.165, 1.54) is 6.08 Å². The number of alkyl halides is 3. The number of halogens is 3. The monoisotopic (exact) mass is 579 g/mol. The lowest BCUT2D eigenvalue weighted by atomic mass is 9.81. The van der Waals surface area contributed by atoms with E-state index in [-0.39, 0.29) is 29.4 Å². The van der Waals surface area contributed by atoms with Crippen molar-refractivity contribution in [2.75, 3.05) is 69.2 Å². The summed E-state index contributed by atoms with van der Waals surface area (Å²) in [5, 5.41) is 9.81. The van der Waals surface area contributed by atoms with Gasteiger partial charge in [0.25, 0.3) is 5.91 Å². The quantitative estimate of drug-likeness (QED) is 0.515. The topological polar surface area (TPSA) is 87.0 Å². The second kappa shape index (κ2) is 10.3. The number of pyridine rings is 1. The number of fused-ring (bicyclic) bond motifs is 2. The second-order valence-corrected chi connectivity index (χ2v) is 11.4. The van der Waals surface area contributed by atoms with E-state index in [1.807, 2.05) is 34.1 Å². The molecular formula is C30H32F3N7O2. The van der Waals surface area contributed by atoms with Crippen molar-refractivity contribution in [3.8, 4) is 6.07 Å². The number of benzene rings is 1. The van der Waals surface area contributed by atoms with Crippen LogP contribution >= 0.6 is 0 Å². The maximum atomic E-state index is 14.2. The van der Waals surface area contributed by atoms with Crippen molar-refractivity contribution in [2.24, 2.45) is 0 Å². The SMILES string of the molecule is C=CC(=O)N1CCN(C2CN(c3cc(N4CCC5(CC4)c4ccccc4C(=O)N5C)nc(C(F)(F)F)c3C#N)C2)CC1. The molecule has 42 heavy (non-hydrogen) atoms. The van der Waals surface area contributed by atoms with Crippen LogP contribution in [0.4, 0.5) is 24.7 Å². The van der Waals surface area contributed by atoms with Gasteiger partial charge in [0.2, 0.25) is 5.91 Å². The van der Waals surface area contributed by atoms with Gasteiger partial charge in [-0.05, 0) is 30.5 Å². The molecule has 0 N–H and O–H groups in total. The first kappa shape index (κ1) is 28.0. The van der Waals surface area contributed by atoms with E-state index >= 15 is 0 Å². The van der Waals surface area contributed by atoms with Crippen molar-refractivity contribution >= 4 is 23.3 Å². The number of amides is 2. The number of nitrogens with zero attached hydrogens (tertiary/aromatic N) is 7. The number of anilines is 2. The second-order valence-electron chi connectivity index (χ2n) is 11.4. The number of piperidine rings is 1. The summed E-state index contributed by atoms with van der Waals surface area (Å²) in [6.07, 6.45) is -2.38. The molecule has 4 aliphatic rings. The van der Waals surface area contributed by atoms with Crippen LogP contribution in [0.2, 0.25) is 0 Å². The highest BCUT2D eigenvalue weighted by Crippen LogP contribution is 2.46. The molecule has 0 bridgehead atoms. The third-order valence-corrected chi connectivity index (χ3v) is 9.41. The Morgan fingerprint density at radius 3 is 2.38 bits per heavy atom. The highest BCUT2D eigenvalue weighted by Gasteiger charge is 2.49. The fourth-order valence-corrected chi connectivity index (χ4v) is 6.91. The minimum absolute atomic E-state index is 0.0433. The molecule has 6 rings (SSSR count). The van der Waals surface area contributed by atoms with Crippen LogP contribution in [0.1, 0.15) is 40.0 Å². The van der Waals surface area contributed by atoms with Gasteiger partial charge in [-0.3, -0.25) is 14.5 Å². The summed E-state index contributed by atoms with van der Waals surface area (Å²) in [7, 11) is 1.79. The zero-order valence-corrected chi connectivity index (χ0v) is 23.4. The minimum Gasteiger partial charge on any atom is -0.367 e. The molecule has 9 nitrogen and oxygen atoms in total. The maximum absolute atomic E-state index is 14.2. The smallest absolute Gasteiger partial charge is 0.367 e. The molecule has 12 heteroatoms. The lowest BCUT2D eigenvalue weighted by Gasteiger charge is -2.49. The third-order valence-electron chi connectivity index (χ3n) is 9.41. The van der Waals surface area contributed by atoms with Gasteiger partial charge in [0.05, 0.1) is 11.2 Å². The van der Waals surface area contributed by atoms with Crippen molar-refractivity contribution in [3.05, 3.63) is 65.4 Å². The van der Waals surface area contributed by atoms with Crippen molar-refractivity contribution in [1.82, 2.24) is 19.7 Å². The fraction of sp³-hybridized carbons (Fsp3) is 0.467. The Balaban J connectivity index is 1.22. The Morgan fingerprint density at radius 1 is 1.10 bits per heavy atom. The fourth-order valence-electron chi connectivity index (χ4n) is 6.91. The maximum Gasteiger partial charge on any atom is 0.434 e. The van der Waals surface area contributed by atoms with E-state index in [0.29, 0.717) is 70.8 Å². The molecule has 3 fully saturated rings. The summed E-state index contributed by atoms with van der Waals surface area (Å²) >= 11 is 0. The highest BCUT2D eigenvalue weighted by atomic mass is 19.4.